The second kappa shape index (κ2) is 16.1. The van der Waals surface area contributed by atoms with E-state index in [1.54, 1.807) is 6.08 Å². The van der Waals surface area contributed by atoms with Gasteiger partial charge in [-0.2, -0.15) is 0 Å². The number of allylic oxidation sites excluding steroid dienone is 3. The van der Waals surface area contributed by atoms with Crippen molar-refractivity contribution in [1.29, 1.82) is 0 Å². The SMILES string of the molecule is CCCCCCCCCCCCC/C=C/C=C(\O)C(=O)OC. The van der Waals surface area contributed by atoms with E-state index in [0.29, 0.717) is 0 Å². The fraction of sp³-hybridized carbons (Fsp3) is 0.737. The van der Waals surface area contributed by atoms with E-state index >= 15 is 0 Å². The maximum Gasteiger partial charge on any atom is 0.373 e. The molecule has 0 saturated heterocycles. The summed E-state index contributed by atoms with van der Waals surface area (Å²) in [6.45, 7) is 2.26. The van der Waals surface area contributed by atoms with Gasteiger partial charge in [0.05, 0.1) is 7.11 Å². The number of hydrogen-bond acceptors (Lipinski definition) is 3. The third-order valence-electron chi connectivity index (χ3n) is 3.76. The Kier molecular flexibility index (Phi) is 15.2. The molecular weight excluding hydrogens is 276 g/mol. The summed E-state index contributed by atoms with van der Waals surface area (Å²) in [6.07, 6.45) is 20.8. The maximum absolute atomic E-state index is 10.9. The highest BCUT2D eigenvalue weighted by molar-refractivity contribution is 5.85. The standard InChI is InChI=1S/C19H34O3/c1-3-4-5-6-7-8-9-10-11-12-13-14-15-16-17-18(20)19(21)22-2/h15-17,20H,3-14H2,1-2H3/b16-15+,18-17-. The molecular formula is C19H34O3. The lowest BCUT2D eigenvalue weighted by atomic mass is 10.1. The van der Waals surface area contributed by atoms with Gasteiger partial charge in [0.1, 0.15) is 0 Å². The Morgan fingerprint density at radius 3 is 1.91 bits per heavy atom. The van der Waals surface area contributed by atoms with Crippen LogP contribution in [0.2, 0.25) is 0 Å². The molecule has 0 fully saturated rings. The quantitative estimate of drug-likeness (QED) is 0.144. The van der Waals surface area contributed by atoms with Crippen molar-refractivity contribution in [3.63, 3.8) is 0 Å². The van der Waals surface area contributed by atoms with Gasteiger partial charge in [0.25, 0.3) is 0 Å². The third-order valence-corrected chi connectivity index (χ3v) is 3.76. The topological polar surface area (TPSA) is 46.5 Å². The molecule has 0 aromatic carbocycles. The number of carbonyl (C=O) groups is 1. The zero-order valence-corrected chi connectivity index (χ0v) is 14.5. The molecule has 22 heavy (non-hydrogen) atoms. The molecule has 0 saturated carbocycles. The summed E-state index contributed by atoms with van der Waals surface area (Å²) in [5.41, 5.74) is 0. The third kappa shape index (κ3) is 13.7. The average molecular weight is 310 g/mol. The summed E-state index contributed by atoms with van der Waals surface area (Å²) in [6, 6.07) is 0. The maximum atomic E-state index is 10.9. The van der Waals surface area contributed by atoms with E-state index in [1.165, 1.54) is 83.8 Å². The van der Waals surface area contributed by atoms with Crippen molar-refractivity contribution in [2.75, 3.05) is 7.11 Å². The van der Waals surface area contributed by atoms with Crippen molar-refractivity contribution in [2.45, 2.75) is 84.0 Å². The minimum Gasteiger partial charge on any atom is -0.502 e. The van der Waals surface area contributed by atoms with Gasteiger partial charge in [-0.1, -0.05) is 83.3 Å². The molecule has 0 atom stereocenters. The first-order chi connectivity index (χ1) is 10.7. The molecule has 0 aliphatic heterocycles. The summed E-state index contributed by atoms with van der Waals surface area (Å²) in [5.74, 6) is -1.04. The smallest absolute Gasteiger partial charge is 0.373 e. The van der Waals surface area contributed by atoms with Gasteiger partial charge in [0.15, 0.2) is 0 Å². The van der Waals surface area contributed by atoms with Crippen LogP contribution in [0.15, 0.2) is 24.0 Å². The number of aliphatic hydroxyl groups is 1. The molecule has 0 amide bonds. The fourth-order valence-electron chi connectivity index (χ4n) is 2.35. The van der Waals surface area contributed by atoms with Crippen LogP contribution < -0.4 is 0 Å². The normalized spacial score (nSPS) is 12.0. The van der Waals surface area contributed by atoms with Gasteiger partial charge in [-0.05, 0) is 18.9 Å². The Bertz CT molecular complexity index is 319. The van der Waals surface area contributed by atoms with Crippen molar-refractivity contribution in [3.8, 4) is 0 Å². The van der Waals surface area contributed by atoms with Gasteiger partial charge in [-0.15, -0.1) is 0 Å². The Hall–Kier alpha value is -1.25. The molecule has 128 valence electrons. The van der Waals surface area contributed by atoms with Crippen molar-refractivity contribution in [3.05, 3.63) is 24.0 Å². The van der Waals surface area contributed by atoms with Gasteiger partial charge in [-0.25, -0.2) is 4.79 Å². The fourth-order valence-corrected chi connectivity index (χ4v) is 2.35. The molecule has 0 aromatic heterocycles. The molecule has 0 radical (unpaired) electrons. The molecule has 0 spiro atoms. The zero-order valence-electron chi connectivity index (χ0n) is 14.5. The number of ether oxygens (including phenoxy) is 1. The van der Waals surface area contributed by atoms with Crippen LogP contribution in [0.1, 0.15) is 84.0 Å². The molecule has 0 aromatic rings. The number of carbonyl (C=O) groups excluding carboxylic acids is 1. The summed E-state index contributed by atoms with van der Waals surface area (Å²) in [4.78, 5) is 10.9. The van der Waals surface area contributed by atoms with Crippen LogP contribution in [-0.2, 0) is 9.53 Å². The lowest BCUT2D eigenvalue weighted by molar-refractivity contribution is -0.139. The Morgan fingerprint density at radius 1 is 0.909 bits per heavy atom. The lowest BCUT2D eigenvalue weighted by Crippen LogP contribution is -2.02. The van der Waals surface area contributed by atoms with E-state index in [0.717, 1.165) is 6.42 Å². The van der Waals surface area contributed by atoms with Crippen LogP contribution >= 0.6 is 0 Å². The molecule has 0 bridgehead atoms. The van der Waals surface area contributed by atoms with Crippen LogP contribution in [0.5, 0.6) is 0 Å². The molecule has 0 aliphatic rings. The second-order valence-electron chi connectivity index (χ2n) is 5.80. The van der Waals surface area contributed by atoms with Gasteiger partial charge in [-0.3, -0.25) is 0 Å². The molecule has 0 heterocycles. The molecule has 3 nitrogen and oxygen atoms in total. The highest BCUT2D eigenvalue weighted by Gasteiger charge is 2.03. The number of unbranched alkanes of at least 4 members (excludes halogenated alkanes) is 11. The van der Waals surface area contributed by atoms with Crippen molar-refractivity contribution >= 4 is 5.97 Å². The largest absolute Gasteiger partial charge is 0.502 e. The van der Waals surface area contributed by atoms with Crippen LogP contribution in [-0.4, -0.2) is 18.2 Å². The highest BCUT2D eigenvalue weighted by Crippen LogP contribution is 2.12. The number of rotatable bonds is 14. The minimum absolute atomic E-state index is 0.349. The van der Waals surface area contributed by atoms with Crippen LogP contribution in [0.3, 0.4) is 0 Å². The minimum atomic E-state index is -0.695. The van der Waals surface area contributed by atoms with Crippen LogP contribution in [0.25, 0.3) is 0 Å². The zero-order chi connectivity index (χ0) is 16.5. The average Bonchev–Trinajstić information content (AvgIpc) is 2.54. The summed E-state index contributed by atoms with van der Waals surface area (Å²) in [7, 11) is 1.25. The van der Waals surface area contributed by atoms with Gasteiger partial charge >= 0.3 is 5.97 Å². The van der Waals surface area contributed by atoms with Crippen molar-refractivity contribution in [2.24, 2.45) is 0 Å². The molecule has 0 unspecified atom stereocenters. The highest BCUT2D eigenvalue weighted by atomic mass is 16.5. The monoisotopic (exact) mass is 310 g/mol. The lowest BCUT2D eigenvalue weighted by Gasteiger charge is -2.01. The first-order valence-corrected chi connectivity index (χ1v) is 8.86. The van der Waals surface area contributed by atoms with E-state index in [4.69, 9.17) is 0 Å². The van der Waals surface area contributed by atoms with Crippen LogP contribution in [0, 0.1) is 0 Å². The molecule has 0 aliphatic carbocycles. The van der Waals surface area contributed by atoms with E-state index in [1.807, 2.05) is 6.08 Å². The summed E-state index contributed by atoms with van der Waals surface area (Å²) >= 11 is 0. The first kappa shape index (κ1) is 20.8. The van der Waals surface area contributed by atoms with Crippen LogP contribution in [0.4, 0.5) is 0 Å². The summed E-state index contributed by atoms with van der Waals surface area (Å²) in [5, 5.41) is 9.24. The first-order valence-electron chi connectivity index (χ1n) is 8.86. The van der Waals surface area contributed by atoms with Crippen molar-refractivity contribution in [1.82, 2.24) is 0 Å². The Balaban J connectivity index is 3.31. The van der Waals surface area contributed by atoms with Crippen molar-refractivity contribution < 1.29 is 14.6 Å². The Morgan fingerprint density at radius 2 is 1.41 bits per heavy atom. The van der Waals surface area contributed by atoms with E-state index < -0.39 is 5.97 Å². The van der Waals surface area contributed by atoms with E-state index in [9.17, 15) is 9.90 Å². The number of aliphatic hydroxyl groups excluding tert-OH is 1. The molecule has 3 heteroatoms. The number of methoxy groups -OCH3 is 1. The Labute approximate surface area is 136 Å². The number of hydrogen-bond donors (Lipinski definition) is 1. The van der Waals surface area contributed by atoms with Gasteiger partial charge in [0, 0.05) is 0 Å². The number of esters is 1. The van der Waals surface area contributed by atoms with E-state index in [2.05, 4.69) is 11.7 Å². The second-order valence-corrected chi connectivity index (χ2v) is 5.80. The predicted octanol–water partition coefficient (Wildman–Crippen LogP) is 5.86. The predicted molar refractivity (Wildman–Crippen MR) is 92.9 cm³/mol. The van der Waals surface area contributed by atoms with Gasteiger partial charge in [0.2, 0.25) is 5.76 Å². The summed E-state index contributed by atoms with van der Waals surface area (Å²) < 4.78 is 4.39. The van der Waals surface area contributed by atoms with E-state index in [-0.39, 0.29) is 5.76 Å². The molecule has 1 N–H and O–H groups in total. The molecule has 0 rings (SSSR count). The van der Waals surface area contributed by atoms with Gasteiger partial charge < -0.3 is 9.84 Å².